The summed E-state index contributed by atoms with van der Waals surface area (Å²) in [6.07, 6.45) is 3.93. The van der Waals surface area contributed by atoms with E-state index in [-0.39, 0.29) is 18.7 Å². The van der Waals surface area contributed by atoms with E-state index in [2.05, 4.69) is 16.9 Å². The van der Waals surface area contributed by atoms with E-state index in [9.17, 15) is 9.59 Å². The topological polar surface area (TPSA) is 97.6 Å². The number of carbonyl (C=O) groups excluding carboxylic acids is 1. The average Bonchev–Trinajstić information content (AvgIpc) is 3.30. The monoisotopic (exact) mass is 472 g/mol. The van der Waals surface area contributed by atoms with Gasteiger partial charge in [0.05, 0.1) is 31.5 Å². The summed E-state index contributed by atoms with van der Waals surface area (Å²) in [7, 11) is 0. The molecule has 0 fully saturated rings. The number of aliphatic carboxylic acids is 1. The number of ether oxygens (including phenoxy) is 1. The van der Waals surface area contributed by atoms with Gasteiger partial charge in [-0.3, -0.25) is 14.2 Å². The Labute approximate surface area is 203 Å². The Morgan fingerprint density at radius 1 is 0.971 bits per heavy atom. The minimum atomic E-state index is -1.01. The van der Waals surface area contributed by atoms with Crippen LogP contribution in [0.2, 0.25) is 0 Å². The van der Waals surface area contributed by atoms with Gasteiger partial charge in [-0.25, -0.2) is 9.97 Å². The second-order valence-corrected chi connectivity index (χ2v) is 8.12. The van der Waals surface area contributed by atoms with E-state index in [1.165, 1.54) is 5.56 Å². The summed E-state index contributed by atoms with van der Waals surface area (Å²) in [5, 5.41) is 9.06. The molecule has 0 bridgehead atoms. The minimum absolute atomic E-state index is 0.0962. The van der Waals surface area contributed by atoms with Crippen LogP contribution in [0.3, 0.4) is 0 Å². The highest BCUT2D eigenvalue weighted by atomic mass is 16.5. The Bertz CT molecular complexity index is 1310. The number of anilines is 1. The summed E-state index contributed by atoms with van der Waals surface area (Å²) in [6.45, 7) is 4.94. The Balaban J connectivity index is 1.64. The van der Waals surface area contributed by atoms with Gasteiger partial charge in [-0.15, -0.1) is 0 Å². The van der Waals surface area contributed by atoms with Gasteiger partial charge in [-0.1, -0.05) is 31.2 Å². The lowest BCUT2D eigenvalue weighted by atomic mass is 10.1. The molecular weight excluding hydrogens is 444 g/mol. The Morgan fingerprint density at radius 3 is 2.34 bits per heavy atom. The van der Waals surface area contributed by atoms with Crippen LogP contribution < -0.4 is 9.64 Å². The van der Waals surface area contributed by atoms with Gasteiger partial charge in [0, 0.05) is 12.1 Å². The molecule has 0 unspecified atom stereocenters. The number of nitrogens with zero attached hydrogens (tertiary/aromatic N) is 4. The predicted molar refractivity (Wildman–Crippen MR) is 134 cm³/mol. The normalized spacial score (nSPS) is 10.9. The van der Waals surface area contributed by atoms with Gasteiger partial charge < -0.3 is 14.7 Å². The lowest BCUT2D eigenvalue weighted by Crippen LogP contribution is -2.30. The molecule has 2 heterocycles. The third-order valence-corrected chi connectivity index (χ3v) is 5.74. The summed E-state index contributed by atoms with van der Waals surface area (Å²) in [5.74, 6) is -0.495. The highest BCUT2D eigenvalue weighted by Crippen LogP contribution is 2.25. The van der Waals surface area contributed by atoms with Crippen LogP contribution in [-0.2, 0) is 22.6 Å². The van der Waals surface area contributed by atoms with Gasteiger partial charge in [-0.2, -0.15) is 0 Å². The number of benzene rings is 2. The maximum absolute atomic E-state index is 13.0. The number of hydrogen-bond donors (Lipinski definition) is 1. The van der Waals surface area contributed by atoms with Crippen LogP contribution in [0.25, 0.3) is 16.9 Å². The molecule has 0 aliphatic heterocycles. The largest absolute Gasteiger partial charge is 0.494 e. The smallest absolute Gasteiger partial charge is 0.303 e. The number of aromatic nitrogens is 3. The van der Waals surface area contributed by atoms with Crippen molar-refractivity contribution < 1.29 is 19.4 Å². The van der Waals surface area contributed by atoms with E-state index in [1.54, 1.807) is 17.4 Å². The molecule has 0 radical (unpaired) electrons. The van der Waals surface area contributed by atoms with Crippen molar-refractivity contribution in [1.82, 2.24) is 14.5 Å². The fourth-order valence-electron chi connectivity index (χ4n) is 3.83. The van der Waals surface area contributed by atoms with E-state index < -0.39 is 5.97 Å². The molecular formula is C27H28N4O4. The quantitative estimate of drug-likeness (QED) is 0.357. The van der Waals surface area contributed by atoms with Crippen molar-refractivity contribution in [3.8, 4) is 11.4 Å². The zero-order valence-electron chi connectivity index (χ0n) is 19.8. The molecule has 4 aromatic rings. The van der Waals surface area contributed by atoms with Crippen molar-refractivity contribution in [2.75, 3.05) is 11.5 Å². The third kappa shape index (κ3) is 5.66. The van der Waals surface area contributed by atoms with Crippen LogP contribution in [0, 0.1) is 0 Å². The van der Waals surface area contributed by atoms with Gasteiger partial charge >= 0.3 is 5.97 Å². The zero-order chi connectivity index (χ0) is 24.8. The number of carboxylic acids is 1. The fourth-order valence-corrected chi connectivity index (χ4v) is 3.83. The molecule has 4 rings (SSSR count). The molecule has 35 heavy (non-hydrogen) atoms. The van der Waals surface area contributed by atoms with Gasteiger partial charge in [0.15, 0.2) is 5.65 Å². The summed E-state index contributed by atoms with van der Waals surface area (Å²) >= 11 is 0. The van der Waals surface area contributed by atoms with E-state index in [4.69, 9.17) is 9.84 Å². The van der Waals surface area contributed by atoms with Gasteiger partial charge in [0.2, 0.25) is 5.91 Å². The number of amides is 1. The van der Waals surface area contributed by atoms with Crippen LogP contribution in [0.4, 0.5) is 5.69 Å². The summed E-state index contributed by atoms with van der Waals surface area (Å²) in [4.78, 5) is 34.8. The van der Waals surface area contributed by atoms with E-state index in [0.29, 0.717) is 30.0 Å². The van der Waals surface area contributed by atoms with Gasteiger partial charge in [0.25, 0.3) is 0 Å². The summed E-state index contributed by atoms with van der Waals surface area (Å²) < 4.78 is 7.38. The molecule has 180 valence electrons. The Morgan fingerprint density at radius 2 is 1.69 bits per heavy atom. The Hall–Kier alpha value is -4.20. The zero-order valence-corrected chi connectivity index (χ0v) is 19.8. The van der Waals surface area contributed by atoms with Crippen LogP contribution in [0.1, 0.15) is 37.8 Å². The molecule has 0 saturated carbocycles. The molecule has 8 nitrogen and oxygen atoms in total. The first-order chi connectivity index (χ1) is 17.0. The lowest BCUT2D eigenvalue weighted by molar-refractivity contribution is -0.138. The molecule has 1 N–H and O–H groups in total. The SMILES string of the molecule is CCOc1ccc(-n2cnc3cc(N(Cc4ccc(CC)cc4)C(=O)CCC(=O)O)cnc32)cc1. The number of imidazole rings is 1. The molecule has 0 atom stereocenters. The first-order valence-electron chi connectivity index (χ1n) is 11.6. The average molecular weight is 473 g/mol. The standard InChI is InChI=1S/C27H28N4O4/c1-3-19-5-7-20(8-6-19)17-30(25(32)13-14-26(33)34)22-15-24-27(28-16-22)31(18-29-24)21-9-11-23(12-10-21)35-4-2/h5-12,15-16,18H,3-4,13-14,17H2,1-2H3,(H,33,34). The summed E-state index contributed by atoms with van der Waals surface area (Å²) in [6, 6.07) is 17.5. The van der Waals surface area contributed by atoms with Crippen LogP contribution in [-0.4, -0.2) is 38.1 Å². The Kier molecular flexibility index (Phi) is 7.40. The van der Waals surface area contributed by atoms with Crippen molar-refractivity contribution >= 4 is 28.7 Å². The molecule has 0 spiro atoms. The maximum Gasteiger partial charge on any atom is 0.303 e. The molecule has 0 aliphatic rings. The predicted octanol–water partition coefficient (Wildman–Crippen LogP) is 4.78. The molecule has 0 aliphatic carbocycles. The molecule has 1 amide bonds. The second-order valence-electron chi connectivity index (χ2n) is 8.12. The van der Waals surface area contributed by atoms with Crippen molar-refractivity contribution in [3.05, 3.63) is 78.2 Å². The van der Waals surface area contributed by atoms with Gasteiger partial charge in [0.1, 0.15) is 17.6 Å². The highest BCUT2D eigenvalue weighted by molar-refractivity contribution is 5.96. The van der Waals surface area contributed by atoms with Crippen molar-refractivity contribution in [2.24, 2.45) is 0 Å². The van der Waals surface area contributed by atoms with Crippen LogP contribution in [0.5, 0.6) is 5.75 Å². The van der Waals surface area contributed by atoms with Crippen LogP contribution >= 0.6 is 0 Å². The fraction of sp³-hybridized carbons (Fsp3) is 0.259. The van der Waals surface area contributed by atoms with E-state index >= 15 is 0 Å². The second kappa shape index (κ2) is 10.8. The van der Waals surface area contributed by atoms with Crippen molar-refractivity contribution in [1.29, 1.82) is 0 Å². The number of aryl methyl sites for hydroxylation is 1. The first kappa shape index (κ1) is 23.9. The number of pyridine rings is 1. The minimum Gasteiger partial charge on any atom is -0.494 e. The lowest BCUT2D eigenvalue weighted by Gasteiger charge is -2.23. The molecule has 2 aromatic heterocycles. The number of fused-ring (bicyclic) bond motifs is 1. The number of carboxylic acid groups (broad SMARTS) is 1. The summed E-state index contributed by atoms with van der Waals surface area (Å²) in [5.41, 5.74) is 4.91. The number of carbonyl (C=O) groups is 2. The number of hydrogen-bond acceptors (Lipinski definition) is 5. The van der Waals surface area contributed by atoms with E-state index in [1.807, 2.05) is 66.1 Å². The number of rotatable bonds is 10. The molecule has 8 heteroatoms. The van der Waals surface area contributed by atoms with Gasteiger partial charge in [-0.05, 0) is 54.8 Å². The molecule has 2 aromatic carbocycles. The van der Waals surface area contributed by atoms with Crippen LogP contribution in [0.15, 0.2) is 67.1 Å². The van der Waals surface area contributed by atoms with Crippen molar-refractivity contribution in [2.45, 2.75) is 39.7 Å². The molecule has 0 saturated heterocycles. The maximum atomic E-state index is 13.0. The first-order valence-corrected chi connectivity index (χ1v) is 11.6. The highest BCUT2D eigenvalue weighted by Gasteiger charge is 2.19. The third-order valence-electron chi connectivity index (χ3n) is 5.74. The van der Waals surface area contributed by atoms with E-state index in [0.717, 1.165) is 23.4 Å². The van der Waals surface area contributed by atoms with Crippen molar-refractivity contribution in [3.63, 3.8) is 0 Å².